The normalized spacial score (nSPS) is 10.6. The van der Waals surface area contributed by atoms with Crippen molar-refractivity contribution in [1.29, 1.82) is 0 Å². The van der Waals surface area contributed by atoms with Crippen molar-refractivity contribution in [2.75, 3.05) is 5.73 Å². The lowest BCUT2D eigenvalue weighted by Gasteiger charge is -1.94. The number of nitrogens with two attached hydrogens (primary N) is 1. The molecule has 0 fully saturated rings. The predicted molar refractivity (Wildman–Crippen MR) is 57.4 cm³/mol. The fourth-order valence-corrected chi connectivity index (χ4v) is 2.08. The highest BCUT2D eigenvalue weighted by Gasteiger charge is 2.07. The van der Waals surface area contributed by atoms with Gasteiger partial charge in [0.25, 0.3) is 6.01 Å². The molecule has 2 aromatic heterocycles. The van der Waals surface area contributed by atoms with Crippen LogP contribution < -0.4 is 5.73 Å². The first-order valence-corrected chi connectivity index (χ1v) is 5.38. The Kier molecular flexibility index (Phi) is 2.54. The lowest BCUT2D eigenvalue weighted by atomic mass is 10.2. The minimum Gasteiger partial charge on any atom is -0.429 e. The van der Waals surface area contributed by atoms with Crippen LogP contribution >= 0.6 is 11.3 Å². The summed E-state index contributed by atoms with van der Waals surface area (Å²) in [6.07, 6.45) is 1.86. The van der Waals surface area contributed by atoms with Crippen LogP contribution in [0.25, 0.3) is 0 Å². The van der Waals surface area contributed by atoms with Gasteiger partial charge in [0.15, 0.2) is 0 Å². The summed E-state index contributed by atoms with van der Waals surface area (Å²) < 4.78 is 5.28. The summed E-state index contributed by atoms with van der Waals surface area (Å²) in [6.45, 7) is 1.92. The molecule has 0 atom stereocenters. The number of anilines is 1. The quantitative estimate of drug-likeness (QED) is 0.842. The molecule has 74 valence electrons. The summed E-state index contributed by atoms with van der Waals surface area (Å²) in [5.74, 6) is 0.899. The van der Waals surface area contributed by atoms with Crippen LogP contribution in [-0.4, -0.2) is 4.98 Å². The molecule has 3 nitrogen and oxygen atoms in total. The minimum absolute atomic E-state index is 0.267. The van der Waals surface area contributed by atoms with Crippen molar-refractivity contribution < 1.29 is 4.42 Å². The van der Waals surface area contributed by atoms with Gasteiger partial charge in [-0.15, -0.1) is 11.3 Å². The maximum Gasteiger partial charge on any atom is 0.292 e. The summed E-state index contributed by atoms with van der Waals surface area (Å²) in [5.41, 5.74) is 6.36. The van der Waals surface area contributed by atoms with Crippen LogP contribution in [-0.2, 0) is 12.8 Å². The van der Waals surface area contributed by atoms with Gasteiger partial charge < -0.3 is 10.2 Å². The van der Waals surface area contributed by atoms with Gasteiger partial charge >= 0.3 is 0 Å². The van der Waals surface area contributed by atoms with E-state index in [9.17, 15) is 0 Å². The van der Waals surface area contributed by atoms with Crippen LogP contribution in [0.4, 0.5) is 6.01 Å². The molecule has 0 aliphatic rings. The van der Waals surface area contributed by atoms with Gasteiger partial charge in [-0.25, -0.2) is 0 Å². The molecule has 0 saturated carbocycles. The summed E-state index contributed by atoms with van der Waals surface area (Å²) in [4.78, 5) is 5.39. The molecule has 0 aromatic carbocycles. The standard InChI is InChI=1S/C10H12N2OS/c1-7-9(13-10(11)12-7)5-4-8-3-2-6-14-8/h2-3,6H,4-5H2,1H3,(H2,11,12). The lowest BCUT2D eigenvalue weighted by Crippen LogP contribution is -1.88. The maximum absolute atomic E-state index is 5.45. The maximum atomic E-state index is 5.45. The average Bonchev–Trinajstić information content (AvgIpc) is 2.72. The van der Waals surface area contributed by atoms with E-state index in [4.69, 9.17) is 10.2 Å². The molecule has 0 spiro atoms. The molecule has 0 aliphatic carbocycles. The first kappa shape index (κ1) is 9.27. The molecule has 0 radical (unpaired) electrons. The summed E-state index contributed by atoms with van der Waals surface area (Å²) in [7, 11) is 0. The monoisotopic (exact) mass is 208 g/mol. The van der Waals surface area contributed by atoms with E-state index in [1.54, 1.807) is 11.3 Å². The van der Waals surface area contributed by atoms with E-state index in [0.29, 0.717) is 0 Å². The minimum atomic E-state index is 0.267. The molecule has 0 saturated heterocycles. The second-order valence-corrected chi connectivity index (χ2v) is 4.17. The van der Waals surface area contributed by atoms with E-state index in [0.717, 1.165) is 24.3 Å². The van der Waals surface area contributed by atoms with Crippen LogP contribution in [0.15, 0.2) is 21.9 Å². The SMILES string of the molecule is Cc1nc(N)oc1CCc1cccs1. The molecule has 0 amide bonds. The second-order valence-electron chi connectivity index (χ2n) is 3.14. The van der Waals surface area contributed by atoms with Gasteiger partial charge in [-0.3, -0.25) is 0 Å². The smallest absolute Gasteiger partial charge is 0.292 e. The first-order valence-electron chi connectivity index (χ1n) is 4.50. The van der Waals surface area contributed by atoms with Gasteiger partial charge in [0.2, 0.25) is 0 Å². The number of aromatic nitrogens is 1. The number of oxazole rings is 1. The molecule has 2 heterocycles. The Morgan fingerprint density at radius 2 is 2.36 bits per heavy atom. The Hall–Kier alpha value is -1.29. The van der Waals surface area contributed by atoms with E-state index in [1.807, 2.05) is 6.92 Å². The molecule has 2 N–H and O–H groups in total. The van der Waals surface area contributed by atoms with E-state index in [-0.39, 0.29) is 6.01 Å². The van der Waals surface area contributed by atoms with Gasteiger partial charge in [0.1, 0.15) is 5.76 Å². The van der Waals surface area contributed by atoms with Crippen molar-refractivity contribution in [3.63, 3.8) is 0 Å². The fraction of sp³-hybridized carbons (Fsp3) is 0.300. The van der Waals surface area contributed by atoms with E-state index >= 15 is 0 Å². The number of hydrogen-bond acceptors (Lipinski definition) is 4. The number of rotatable bonds is 3. The third-order valence-electron chi connectivity index (χ3n) is 2.09. The molecular formula is C10H12N2OS. The summed E-state index contributed by atoms with van der Waals surface area (Å²) >= 11 is 1.76. The topological polar surface area (TPSA) is 52.0 Å². The first-order chi connectivity index (χ1) is 6.75. The second kappa shape index (κ2) is 3.84. The Balaban J connectivity index is 2.01. The van der Waals surface area contributed by atoms with Gasteiger partial charge in [0, 0.05) is 11.3 Å². The van der Waals surface area contributed by atoms with E-state index in [2.05, 4.69) is 22.5 Å². The Morgan fingerprint density at radius 1 is 1.50 bits per heavy atom. The van der Waals surface area contributed by atoms with Crippen molar-refractivity contribution in [2.45, 2.75) is 19.8 Å². The van der Waals surface area contributed by atoms with Crippen molar-refractivity contribution in [3.8, 4) is 0 Å². The highest BCUT2D eigenvalue weighted by Crippen LogP contribution is 2.16. The molecule has 4 heteroatoms. The zero-order valence-corrected chi connectivity index (χ0v) is 8.80. The lowest BCUT2D eigenvalue weighted by molar-refractivity contribution is 0.520. The third kappa shape index (κ3) is 1.96. The molecule has 2 aromatic rings. The van der Waals surface area contributed by atoms with Gasteiger partial charge in [0.05, 0.1) is 5.69 Å². The zero-order chi connectivity index (χ0) is 9.97. The predicted octanol–water partition coefficient (Wildman–Crippen LogP) is 2.41. The van der Waals surface area contributed by atoms with E-state index in [1.165, 1.54) is 4.88 Å². The Labute approximate surface area is 86.6 Å². The molecule has 0 aliphatic heterocycles. The number of aryl methyl sites for hydroxylation is 3. The van der Waals surface area contributed by atoms with Crippen LogP contribution in [0.2, 0.25) is 0 Å². The van der Waals surface area contributed by atoms with Crippen molar-refractivity contribution in [2.24, 2.45) is 0 Å². The van der Waals surface area contributed by atoms with Crippen LogP contribution in [0, 0.1) is 6.92 Å². The van der Waals surface area contributed by atoms with Crippen LogP contribution in [0.1, 0.15) is 16.3 Å². The highest BCUT2D eigenvalue weighted by molar-refractivity contribution is 7.09. The van der Waals surface area contributed by atoms with Crippen LogP contribution in [0.3, 0.4) is 0 Å². The largest absolute Gasteiger partial charge is 0.429 e. The molecule has 0 bridgehead atoms. The van der Waals surface area contributed by atoms with Gasteiger partial charge in [-0.1, -0.05) is 6.07 Å². The molecule has 14 heavy (non-hydrogen) atoms. The zero-order valence-electron chi connectivity index (χ0n) is 7.99. The van der Waals surface area contributed by atoms with Crippen molar-refractivity contribution >= 4 is 17.4 Å². The molecule has 0 unspecified atom stereocenters. The van der Waals surface area contributed by atoms with Crippen LogP contribution in [0.5, 0.6) is 0 Å². The Bertz CT molecular complexity index is 406. The summed E-state index contributed by atoms with van der Waals surface area (Å²) in [5, 5.41) is 2.08. The summed E-state index contributed by atoms with van der Waals surface area (Å²) in [6, 6.07) is 4.45. The fourth-order valence-electron chi connectivity index (χ4n) is 1.37. The van der Waals surface area contributed by atoms with Gasteiger partial charge in [-0.2, -0.15) is 4.98 Å². The Morgan fingerprint density at radius 3 is 2.93 bits per heavy atom. The highest BCUT2D eigenvalue weighted by atomic mass is 32.1. The third-order valence-corrected chi connectivity index (χ3v) is 3.02. The number of hydrogen-bond donors (Lipinski definition) is 1. The molecular weight excluding hydrogens is 196 g/mol. The van der Waals surface area contributed by atoms with Crippen molar-refractivity contribution in [3.05, 3.63) is 33.8 Å². The number of thiophene rings is 1. The van der Waals surface area contributed by atoms with E-state index < -0.39 is 0 Å². The number of nitrogens with zero attached hydrogens (tertiary/aromatic N) is 1. The van der Waals surface area contributed by atoms with Gasteiger partial charge in [-0.05, 0) is 24.8 Å². The molecule has 2 rings (SSSR count). The number of nitrogen functional groups attached to an aromatic ring is 1. The average molecular weight is 208 g/mol. The van der Waals surface area contributed by atoms with Crippen molar-refractivity contribution in [1.82, 2.24) is 4.98 Å².